The summed E-state index contributed by atoms with van der Waals surface area (Å²) in [7, 11) is 0. The second-order valence-electron chi connectivity index (χ2n) is 3.28. The van der Waals surface area contributed by atoms with Crippen molar-refractivity contribution in [3.63, 3.8) is 0 Å². The van der Waals surface area contributed by atoms with Crippen molar-refractivity contribution < 1.29 is 0 Å². The molecule has 0 N–H and O–H groups in total. The maximum absolute atomic E-state index is 4.13. The Morgan fingerprint density at radius 1 is 1.18 bits per heavy atom. The lowest BCUT2D eigenvalue weighted by Crippen LogP contribution is -2.00. The molecule has 11 heavy (non-hydrogen) atoms. The average molecular weight is 154 g/mol. The first-order chi connectivity index (χ1) is 5.26. The molecule has 0 nitrogen and oxygen atoms in total. The molecule has 0 unspecified atom stereocenters. The molecule has 0 aliphatic rings. The highest BCUT2D eigenvalue weighted by Crippen LogP contribution is 2.21. The minimum Gasteiger partial charge on any atom is -0.0996 e. The Balaban J connectivity index is 3.61. The maximum atomic E-state index is 4.13. The molecule has 0 saturated carbocycles. The van der Waals surface area contributed by atoms with Crippen molar-refractivity contribution in [3.8, 4) is 0 Å². The molecule has 0 fully saturated rings. The lowest BCUT2D eigenvalue weighted by Gasteiger charge is -2.14. The van der Waals surface area contributed by atoms with E-state index in [0.717, 1.165) is 5.92 Å². The van der Waals surface area contributed by atoms with Crippen LogP contribution in [0.2, 0.25) is 0 Å². The largest absolute Gasteiger partial charge is 0.0996 e. The van der Waals surface area contributed by atoms with Crippen LogP contribution in [0.3, 0.4) is 0 Å². The molecule has 0 atom stereocenters. The van der Waals surface area contributed by atoms with Gasteiger partial charge in [0.2, 0.25) is 0 Å². The van der Waals surface area contributed by atoms with Crippen LogP contribution in [-0.2, 0) is 0 Å². The molecule has 0 amide bonds. The zero-order valence-electron chi connectivity index (χ0n) is 8.32. The summed E-state index contributed by atoms with van der Waals surface area (Å²) in [5.74, 6) is 0.779. The number of hydrogen-bond donors (Lipinski definition) is 0. The third-order valence-corrected chi connectivity index (χ3v) is 2.41. The van der Waals surface area contributed by atoms with Gasteiger partial charge in [-0.3, -0.25) is 0 Å². The Hall–Kier alpha value is -0.260. The van der Waals surface area contributed by atoms with E-state index < -0.39 is 0 Å². The smallest absolute Gasteiger partial charge is 0.0211 e. The van der Waals surface area contributed by atoms with E-state index in [0.29, 0.717) is 0 Å². The molecule has 0 aliphatic heterocycles. The van der Waals surface area contributed by atoms with Gasteiger partial charge in [0.15, 0.2) is 0 Å². The Bertz CT molecular complexity index is 98.6. The summed E-state index contributed by atoms with van der Waals surface area (Å²) >= 11 is 0. The van der Waals surface area contributed by atoms with Gasteiger partial charge in [-0.2, -0.15) is 0 Å². The summed E-state index contributed by atoms with van der Waals surface area (Å²) in [5.41, 5.74) is 1.47. The second kappa shape index (κ2) is 6.45. The summed E-state index contributed by atoms with van der Waals surface area (Å²) in [6, 6.07) is 0. The van der Waals surface area contributed by atoms with Crippen molar-refractivity contribution in [2.75, 3.05) is 0 Å². The molecule has 0 aromatic heterocycles. The first-order valence-electron chi connectivity index (χ1n) is 4.93. The SMILES string of the molecule is C=C(CCCC)C(CC)CC. The van der Waals surface area contributed by atoms with Gasteiger partial charge in [-0.15, -0.1) is 0 Å². The first-order valence-corrected chi connectivity index (χ1v) is 4.93. The van der Waals surface area contributed by atoms with Crippen LogP contribution in [0.25, 0.3) is 0 Å². The number of allylic oxidation sites excluding steroid dienone is 1. The van der Waals surface area contributed by atoms with Crippen molar-refractivity contribution in [1.29, 1.82) is 0 Å². The molecule has 0 heteroatoms. The van der Waals surface area contributed by atoms with Gasteiger partial charge in [-0.05, 0) is 31.6 Å². The van der Waals surface area contributed by atoms with Gasteiger partial charge >= 0.3 is 0 Å². The van der Waals surface area contributed by atoms with Crippen LogP contribution < -0.4 is 0 Å². The highest BCUT2D eigenvalue weighted by atomic mass is 14.1. The van der Waals surface area contributed by atoms with Gasteiger partial charge < -0.3 is 0 Å². The second-order valence-corrected chi connectivity index (χ2v) is 3.28. The molecule has 0 aromatic rings. The first kappa shape index (κ1) is 10.7. The molecule has 66 valence electrons. The lowest BCUT2D eigenvalue weighted by molar-refractivity contribution is 0.543. The molecule has 0 saturated heterocycles. The molecule has 0 spiro atoms. The third-order valence-electron chi connectivity index (χ3n) is 2.41. The van der Waals surface area contributed by atoms with Crippen molar-refractivity contribution >= 4 is 0 Å². The Morgan fingerprint density at radius 2 is 1.73 bits per heavy atom. The van der Waals surface area contributed by atoms with Crippen LogP contribution in [0.5, 0.6) is 0 Å². The van der Waals surface area contributed by atoms with Crippen LogP contribution in [0.4, 0.5) is 0 Å². The fourth-order valence-corrected chi connectivity index (χ4v) is 1.47. The van der Waals surface area contributed by atoms with E-state index in [1.54, 1.807) is 0 Å². The Kier molecular flexibility index (Phi) is 6.30. The topological polar surface area (TPSA) is 0 Å². The van der Waals surface area contributed by atoms with Crippen LogP contribution in [-0.4, -0.2) is 0 Å². The van der Waals surface area contributed by atoms with E-state index in [4.69, 9.17) is 0 Å². The maximum Gasteiger partial charge on any atom is -0.0211 e. The quantitative estimate of drug-likeness (QED) is 0.504. The molecule has 0 bridgehead atoms. The van der Waals surface area contributed by atoms with Gasteiger partial charge in [-0.25, -0.2) is 0 Å². The minimum absolute atomic E-state index is 0.779. The van der Waals surface area contributed by atoms with Gasteiger partial charge in [0, 0.05) is 0 Å². The van der Waals surface area contributed by atoms with Gasteiger partial charge in [0.05, 0.1) is 0 Å². The van der Waals surface area contributed by atoms with Crippen LogP contribution >= 0.6 is 0 Å². The van der Waals surface area contributed by atoms with Gasteiger partial charge in [0.25, 0.3) is 0 Å². The van der Waals surface area contributed by atoms with Crippen molar-refractivity contribution in [2.45, 2.75) is 52.9 Å². The third kappa shape index (κ3) is 4.23. The zero-order chi connectivity index (χ0) is 8.69. The van der Waals surface area contributed by atoms with Gasteiger partial charge in [-0.1, -0.05) is 39.3 Å². The van der Waals surface area contributed by atoms with E-state index in [1.165, 1.54) is 37.7 Å². The van der Waals surface area contributed by atoms with Crippen molar-refractivity contribution in [2.24, 2.45) is 5.92 Å². The van der Waals surface area contributed by atoms with Crippen molar-refractivity contribution in [1.82, 2.24) is 0 Å². The molecule has 0 aliphatic carbocycles. The van der Waals surface area contributed by atoms with E-state index in [9.17, 15) is 0 Å². The molecule has 0 aromatic carbocycles. The van der Waals surface area contributed by atoms with Crippen LogP contribution in [0, 0.1) is 5.92 Å². The zero-order valence-corrected chi connectivity index (χ0v) is 8.32. The summed E-state index contributed by atoms with van der Waals surface area (Å²) in [5, 5.41) is 0. The predicted molar refractivity (Wildman–Crippen MR) is 52.7 cm³/mol. The summed E-state index contributed by atoms with van der Waals surface area (Å²) in [4.78, 5) is 0. The Labute approximate surface area is 71.7 Å². The van der Waals surface area contributed by atoms with E-state index >= 15 is 0 Å². The normalized spacial score (nSPS) is 10.5. The monoisotopic (exact) mass is 154 g/mol. The van der Waals surface area contributed by atoms with Crippen LogP contribution in [0.15, 0.2) is 12.2 Å². The average Bonchev–Trinajstić information content (AvgIpc) is 2.03. The standard InChI is InChI=1S/C11H22/c1-5-8-9-10(4)11(6-2)7-3/h11H,4-9H2,1-3H3. The molecule has 0 radical (unpaired) electrons. The summed E-state index contributed by atoms with van der Waals surface area (Å²) in [6.45, 7) is 10.9. The van der Waals surface area contributed by atoms with Crippen molar-refractivity contribution in [3.05, 3.63) is 12.2 Å². The number of unbranched alkanes of at least 4 members (excludes halogenated alkanes) is 1. The summed E-state index contributed by atoms with van der Waals surface area (Å²) < 4.78 is 0. The highest BCUT2D eigenvalue weighted by molar-refractivity contribution is 4.99. The number of rotatable bonds is 6. The summed E-state index contributed by atoms with van der Waals surface area (Å²) in [6.07, 6.45) is 6.37. The highest BCUT2D eigenvalue weighted by Gasteiger charge is 2.06. The minimum atomic E-state index is 0.779. The lowest BCUT2D eigenvalue weighted by atomic mass is 9.91. The van der Waals surface area contributed by atoms with Crippen LogP contribution in [0.1, 0.15) is 52.9 Å². The fourth-order valence-electron chi connectivity index (χ4n) is 1.47. The molecule has 0 heterocycles. The molecule has 0 rings (SSSR count). The fraction of sp³-hybridized carbons (Fsp3) is 0.818. The molecular formula is C11H22. The number of hydrogen-bond acceptors (Lipinski definition) is 0. The predicted octanol–water partition coefficient (Wildman–Crippen LogP) is 4.17. The Morgan fingerprint density at radius 3 is 2.09 bits per heavy atom. The molecular weight excluding hydrogens is 132 g/mol. The van der Waals surface area contributed by atoms with E-state index in [1.807, 2.05) is 0 Å². The van der Waals surface area contributed by atoms with E-state index in [-0.39, 0.29) is 0 Å². The van der Waals surface area contributed by atoms with Gasteiger partial charge in [0.1, 0.15) is 0 Å². The van der Waals surface area contributed by atoms with E-state index in [2.05, 4.69) is 27.4 Å².